The number of fused-ring (bicyclic) bond motifs is 2. The second kappa shape index (κ2) is 29.4. The molecular formula is C67H74Cl4N8O11S2. The van der Waals surface area contributed by atoms with Crippen molar-refractivity contribution < 1.29 is 50.6 Å². The second-order valence-corrected chi connectivity index (χ2v) is 29.5. The predicted octanol–water partition coefficient (Wildman–Crippen LogP) is 13.3. The van der Waals surface area contributed by atoms with E-state index in [1.807, 2.05) is 58.0 Å². The van der Waals surface area contributed by atoms with Crippen molar-refractivity contribution in [2.75, 3.05) is 39.4 Å². The van der Waals surface area contributed by atoms with Crippen molar-refractivity contribution in [3.05, 3.63) is 162 Å². The van der Waals surface area contributed by atoms with E-state index in [-0.39, 0.29) is 66.5 Å². The summed E-state index contributed by atoms with van der Waals surface area (Å²) in [6.07, 6.45) is 8.11. The number of aromatic amines is 3. The second-order valence-electron chi connectivity index (χ2n) is 24.0. The fraction of sp³-hybridized carbons (Fsp3) is 0.388. The van der Waals surface area contributed by atoms with Crippen LogP contribution in [0.25, 0.3) is 33.1 Å². The molecule has 0 radical (unpaired) electrons. The first kappa shape index (κ1) is 67.6. The third-order valence-electron chi connectivity index (χ3n) is 17.5. The molecule has 5 heterocycles. The zero-order valence-electron chi connectivity index (χ0n) is 51.5. The Kier molecular flexibility index (Phi) is 21.6. The molecule has 0 bridgehead atoms. The molecule has 25 heteroatoms. The van der Waals surface area contributed by atoms with Crippen molar-refractivity contribution in [2.24, 2.45) is 5.92 Å². The summed E-state index contributed by atoms with van der Waals surface area (Å²) in [6.45, 7) is 9.57. The highest BCUT2D eigenvalue weighted by Gasteiger charge is 2.37. The Bertz CT molecular complexity index is 4250. The quantitative estimate of drug-likeness (QED) is 0.0413. The maximum absolute atomic E-state index is 13.5. The number of sulfonamides is 2. The van der Waals surface area contributed by atoms with E-state index in [1.54, 1.807) is 64.4 Å². The highest BCUT2D eigenvalue weighted by atomic mass is 35.5. The van der Waals surface area contributed by atoms with Crippen LogP contribution in [0.3, 0.4) is 0 Å². The van der Waals surface area contributed by atoms with Gasteiger partial charge in [-0.15, -0.1) is 0 Å². The minimum Gasteiger partial charge on any atom is -0.507 e. The molecule has 4 amide bonds. The van der Waals surface area contributed by atoms with Crippen LogP contribution in [-0.2, 0) is 37.7 Å². The van der Waals surface area contributed by atoms with Gasteiger partial charge in [-0.3, -0.25) is 24.3 Å². The number of para-hydroxylation sites is 1. The van der Waals surface area contributed by atoms with Gasteiger partial charge in [-0.25, -0.2) is 26.3 Å². The lowest BCUT2D eigenvalue weighted by atomic mass is 9.88. The highest BCUT2D eigenvalue weighted by molar-refractivity contribution is 7.91. The Morgan fingerprint density at radius 3 is 1.49 bits per heavy atom. The number of phenolic OH excluding ortho intramolecular Hbond substituents is 1. The summed E-state index contributed by atoms with van der Waals surface area (Å²) in [5, 5.41) is 19.3. The van der Waals surface area contributed by atoms with Gasteiger partial charge in [0.15, 0.2) is 0 Å². The molecule has 3 fully saturated rings. The van der Waals surface area contributed by atoms with E-state index in [1.165, 1.54) is 12.5 Å². The van der Waals surface area contributed by atoms with E-state index in [4.69, 9.17) is 55.9 Å². The average Bonchev–Trinajstić information content (AvgIpc) is 1.64. The van der Waals surface area contributed by atoms with E-state index >= 15 is 0 Å². The Hall–Kier alpha value is -7.27. The van der Waals surface area contributed by atoms with Crippen molar-refractivity contribution in [2.45, 2.75) is 122 Å². The lowest BCUT2D eigenvalue weighted by Crippen LogP contribution is -2.48. The van der Waals surface area contributed by atoms with Crippen molar-refractivity contribution in [3.8, 4) is 28.5 Å². The topological polar surface area (TPSA) is 266 Å². The van der Waals surface area contributed by atoms with Crippen molar-refractivity contribution in [1.82, 2.24) is 39.4 Å². The smallest absolute Gasteiger partial charge is 0.281 e. The molecule has 92 heavy (non-hydrogen) atoms. The molecule has 0 unspecified atom stereocenters. The van der Waals surface area contributed by atoms with Crippen LogP contribution in [0.5, 0.6) is 17.2 Å². The number of carbonyl (C=O) groups is 4. The van der Waals surface area contributed by atoms with Crippen LogP contribution in [0.15, 0.2) is 91.0 Å². The van der Waals surface area contributed by atoms with Gasteiger partial charge in [-0.1, -0.05) is 89.9 Å². The number of rotatable bonds is 19. The number of likely N-dealkylation sites (tertiary alicyclic amines) is 2. The molecule has 0 spiro atoms. The van der Waals surface area contributed by atoms with Gasteiger partial charge in [-0.05, 0) is 192 Å². The van der Waals surface area contributed by atoms with Gasteiger partial charge in [-0.2, -0.15) is 5.10 Å². The van der Waals surface area contributed by atoms with Gasteiger partial charge in [0, 0.05) is 79.6 Å². The number of ether oxygens (including phenoxy) is 2. The number of hydrogen-bond acceptors (Lipinski definition) is 12. The normalized spacial score (nSPS) is 15.3. The van der Waals surface area contributed by atoms with Gasteiger partial charge >= 0.3 is 0 Å². The Morgan fingerprint density at radius 2 is 1.03 bits per heavy atom. The van der Waals surface area contributed by atoms with Crippen LogP contribution < -0.4 is 18.9 Å². The molecule has 2 aliphatic heterocycles. The number of aromatic hydroxyl groups is 1. The zero-order valence-corrected chi connectivity index (χ0v) is 56.2. The number of piperidine rings is 2. The summed E-state index contributed by atoms with van der Waals surface area (Å²) in [6, 6.07) is 26.3. The summed E-state index contributed by atoms with van der Waals surface area (Å²) < 4.78 is 70.1. The predicted molar refractivity (Wildman–Crippen MR) is 360 cm³/mol. The first-order chi connectivity index (χ1) is 43.9. The number of hydrogen-bond donors (Lipinski definition) is 6. The highest BCUT2D eigenvalue weighted by Crippen LogP contribution is 2.34. The number of carbonyl (C=O) groups excluding carboxylic acids is 4. The maximum atomic E-state index is 13.5. The first-order valence-corrected chi connectivity index (χ1v) is 35.5. The van der Waals surface area contributed by atoms with Gasteiger partial charge < -0.3 is 34.3 Å². The van der Waals surface area contributed by atoms with Crippen molar-refractivity contribution in [1.29, 1.82) is 0 Å². The fourth-order valence-corrected chi connectivity index (χ4v) is 15.8. The average molecular weight is 1370 g/mol. The van der Waals surface area contributed by atoms with Crippen LogP contribution in [0.2, 0.25) is 20.1 Å². The van der Waals surface area contributed by atoms with Crippen LogP contribution in [0.4, 0.5) is 0 Å². The summed E-state index contributed by atoms with van der Waals surface area (Å²) >= 11 is 25.0. The van der Waals surface area contributed by atoms with Crippen LogP contribution in [0.1, 0.15) is 135 Å². The van der Waals surface area contributed by atoms with Gasteiger partial charge in [0.25, 0.3) is 17.7 Å². The Morgan fingerprint density at radius 1 is 0.587 bits per heavy atom. The number of aromatic nitrogens is 4. The lowest BCUT2D eigenvalue weighted by molar-refractivity contribution is -0.137. The van der Waals surface area contributed by atoms with Gasteiger partial charge in [0.2, 0.25) is 26.0 Å². The molecule has 11 rings (SSSR count). The van der Waals surface area contributed by atoms with Crippen LogP contribution in [0, 0.1) is 33.6 Å². The molecule has 3 aromatic heterocycles. The third-order valence-corrected chi connectivity index (χ3v) is 22.8. The van der Waals surface area contributed by atoms with Gasteiger partial charge in [0.05, 0.1) is 29.4 Å². The SMILES string of the molecule is Cc1cc(OCCCc2c(C(=O)NS(=O)(=O)C3CCN(C(=O)C4CCCCC4)CC3)[nH]c3cc(Cl)ccc23)cc(C)c1Cl.Cc1cc(OCCCc2c(C(=O)NS(=O)(=O)C3CCN(C(=O)c4cc(-c5ccccc5O)n[nH]4)CC3)[nH]c3cc(Cl)ccc23)cc(C)c1Cl. The van der Waals surface area contributed by atoms with E-state index in [0.717, 1.165) is 64.5 Å². The monoisotopic (exact) mass is 1370 g/mol. The molecule has 1 aliphatic carbocycles. The molecule has 8 aromatic rings. The number of benzene rings is 5. The summed E-state index contributed by atoms with van der Waals surface area (Å²) in [5.41, 5.74) is 7.82. The molecule has 3 aliphatic rings. The van der Waals surface area contributed by atoms with E-state index in [2.05, 4.69) is 29.6 Å². The van der Waals surface area contributed by atoms with Crippen LogP contribution >= 0.6 is 46.4 Å². The fourth-order valence-electron chi connectivity index (χ4n) is 12.5. The van der Waals surface area contributed by atoms with Crippen molar-refractivity contribution >= 4 is 112 Å². The minimum atomic E-state index is -4.08. The minimum absolute atomic E-state index is 0.0396. The molecule has 6 N–H and O–H groups in total. The lowest BCUT2D eigenvalue weighted by Gasteiger charge is -2.34. The number of halogens is 4. The first-order valence-electron chi connectivity index (χ1n) is 30.9. The molecule has 488 valence electrons. The molecule has 19 nitrogen and oxygen atoms in total. The standard InChI is InChI=1S/C35H35Cl2N5O6S.C32H39Cl2N3O5S/c1-20-16-23(17-21(2)32(20)37)48-15-5-7-26-25-10-9-22(36)18-28(25)38-33(26)34(44)41-49(46,47)24-11-13-42(14-12-24)35(45)30-19-29(39-40-30)27-6-3-4-8-31(27)43;1-20-17-24(18-21(2)29(20)34)42-16-6-9-27-26-11-10-23(33)19-28(26)35-30(27)31(38)36-43(40,41)25-12-14-37(15-13-25)32(39)22-7-4-3-5-8-22/h3-4,6,8-10,16-19,24,38,43H,5,7,11-15H2,1-2H3,(H,39,40)(H,41,44);10-11,17-19,22,25,35H,3-9,12-16H2,1-2H3,(H,36,38). The maximum Gasteiger partial charge on any atom is 0.281 e. The number of phenols is 1. The van der Waals surface area contributed by atoms with Crippen LogP contribution in [-0.4, -0.2) is 125 Å². The van der Waals surface area contributed by atoms with E-state index in [9.17, 15) is 41.1 Å². The Balaban J connectivity index is 0.000000203. The van der Waals surface area contributed by atoms with Crippen molar-refractivity contribution in [3.63, 3.8) is 0 Å². The summed E-state index contributed by atoms with van der Waals surface area (Å²) in [4.78, 5) is 62.6. The zero-order chi connectivity index (χ0) is 65.6. The van der Waals surface area contributed by atoms with Gasteiger partial charge in [0.1, 0.15) is 34.3 Å². The number of amides is 4. The molecule has 2 saturated heterocycles. The molecule has 5 aromatic carbocycles. The largest absolute Gasteiger partial charge is 0.507 e. The Labute approximate surface area is 555 Å². The third kappa shape index (κ3) is 15.8. The number of nitrogens with one attached hydrogen (secondary N) is 5. The number of aryl methyl sites for hydroxylation is 6. The molecule has 1 saturated carbocycles. The summed E-state index contributed by atoms with van der Waals surface area (Å²) in [7, 11) is -8.04. The van der Waals surface area contributed by atoms with E-state index in [0.29, 0.717) is 124 Å². The molecular weight excluding hydrogens is 1300 g/mol. The van der Waals surface area contributed by atoms with E-state index < -0.39 is 42.4 Å². The number of H-pyrrole nitrogens is 3. The molecule has 0 atom stereocenters. The number of nitrogens with zero attached hydrogens (tertiary/aromatic N) is 3. The summed E-state index contributed by atoms with van der Waals surface area (Å²) in [5.74, 6) is -0.137.